The zero-order valence-electron chi connectivity index (χ0n) is 10.0. The van der Waals surface area contributed by atoms with E-state index < -0.39 is 0 Å². The normalized spacial score (nSPS) is 15.2. The minimum Gasteiger partial charge on any atom is -0.391 e. The number of hydrogen-bond acceptors (Lipinski definition) is 5. The number of rotatable bonds is 10. The minimum atomic E-state index is -0.273. The molecule has 92 valence electrons. The topological polar surface area (TPSA) is 56.3 Å². The van der Waals surface area contributed by atoms with Gasteiger partial charge in [0, 0.05) is 18.8 Å². The Kier molecular flexibility index (Phi) is 10.8. The number of aliphatic hydroxyl groups is 1. The van der Waals surface area contributed by atoms with Crippen LogP contribution < -0.4 is 15.4 Å². The van der Waals surface area contributed by atoms with Gasteiger partial charge in [-0.2, -0.15) is 0 Å². The van der Waals surface area contributed by atoms with Crippen molar-refractivity contribution in [2.75, 3.05) is 39.5 Å². The lowest BCUT2D eigenvalue weighted by Gasteiger charge is -2.22. The first-order chi connectivity index (χ1) is 7.26. The third-order valence-electron chi connectivity index (χ3n) is 2.31. The first-order valence-electron chi connectivity index (χ1n) is 5.58. The van der Waals surface area contributed by atoms with E-state index in [1.165, 1.54) is 0 Å². The standard InChI is InChI=1S/C10H25N3OS/c1-4-15-13-8-10(14)9(7-12-3)5-6-11-2/h9-14H,4-8H2,1-3H3. The Morgan fingerprint density at radius 3 is 2.47 bits per heavy atom. The molecule has 0 saturated carbocycles. The highest BCUT2D eigenvalue weighted by Gasteiger charge is 2.17. The van der Waals surface area contributed by atoms with Crippen LogP contribution in [0.2, 0.25) is 0 Å². The van der Waals surface area contributed by atoms with Crippen LogP contribution in [0.5, 0.6) is 0 Å². The predicted molar refractivity (Wildman–Crippen MR) is 68.1 cm³/mol. The number of nitrogens with one attached hydrogen (secondary N) is 3. The second-order valence-electron chi connectivity index (χ2n) is 3.56. The monoisotopic (exact) mass is 235 g/mol. The van der Waals surface area contributed by atoms with Crippen molar-refractivity contribution in [3.8, 4) is 0 Å². The average Bonchev–Trinajstić information content (AvgIpc) is 2.24. The van der Waals surface area contributed by atoms with Crippen LogP contribution in [0.25, 0.3) is 0 Å². The fraction of sp³-hybridized carbons (Fsp3) is 1.00. The SMILES string of the molecule is CCSNCC(O)C(CCNC)CNC. The second-order valence-corrected chi connectivity index (χ2v) is 4.71. The van der Waals surface area contributed by atoms with E-state index in [1.54, 1.807) is 11.9 Å². The van der Waals surface area contributed by atoms with Crippen molar-refractivity contribution in [3.63, 3.8) is 0 Å². The molecule has 0 aliphatic rings. The van der Waals surface area contributed by atoms with Gasteiger partial charge in [-0.05, 0) is 33.0 Å². The third kappa shape index (κ3) is 8.04. The van der Waals surface area contributed by atoms with E-state index in [4.69, 9.17) is 0 Å². The summed E-state index contributed by atoms with van der Waals surface area (Å²) in [6.45, 7) is 4.57. The van der Waals surface area contributed by atoms with Crippen LogP contribution in [0.1, 0.15) is 13.3 Å². The molecule has 0 radical (unpaired) electrons. The smallest absolute Gasteiger partial charge is 0.0714 e. The van der Waals surface area contributed by atoms with Gasteiger partial charge in [-0.1, -0.05) is 18.9 Å². The van der Waals surface area contributed by atoms with Crippen LogP contribution in [-0.4, -0.2) is 50.7 Å². The molecule has 0 aliphatic heterocycles. The zero-order valence-corrected chi connectivity index (χ0v) is 10.9. The average molecular weight is 235 g/mol. The highest BCUT2D eigenvalue weighted by Crippen LogP contribution is 2.08. The molecule has 0 saturated heterocycles. The van der Waals surface area contributed by atoms with Crippen molar-refractivity contribution < 1.29 is 5.11 Å². The third-order valence-corrected chi connectivity index (χ3v) is 2.97. The molecule has 0 bridgehead atoms. The van der Waals surface area contributed by atoms with Crippen molar-refractivity contribution in [3.05, 3.63) is 0 Å². The summed E-state index contributed by atoms with van der Waals surface area (Å²) in [6, 6.07) is 0. The molecule has 2 unspecified atom stereocenters. The first kappa shape index (κ1) is 15.2. The molecule has 4 nitrogen and oxygen atoms in total. The van der Waals surface area contributed by atoms with Gasteiger partial charge in [0.15, 0.2) is 0 Å². The number of hydrogen-bond donors (Lipinski definition) is 4. The quantitative estimate of drug-likeness (QED) is 0.318. The molecular formula is C10H25N3OS. The van der Waals surface area contributed by atoms with Crippen molar-refractivity contribution in [1.29, 1.82) is 0 Å². The maximum Gasteiger partial charge on any atom is 0.0714 e. The van der Waals surface area contributed by atoms with Crippen LogP contribution >= 0.6 is 11.9 Å². The van der Waals surface area contributed by atoms with Crippen molar-refractivity contribution in [2.24, 2.45) is 5.92 Å². The Morgan fingerprint density at radius 1 is 1.20 bits per heavy atom. The molecule has 0 spiro atoms. The summed E-state index contributed by atoms with van der Waals surface area (Å²) < 4.78 is 3.17. The summed E-state index contributed by atoms with van der Waals surface area (Å²) in [7, 11) is 3.86. The van der Waals surface area contributed by atoms with Crippen LogP contribution in [0.3, 0.4) is 0 Å². The van der Waals surface area contributed by atoms with Gasteiger partial charge in [0.05, 0.1) is 6.10 Å². The summed E-state index contributed by atoms with van der Waals surface area (Å²) in [5, 5.41) is 16.2. The van der Waals surface area contributed by atoms with Gasteiger partial charge < -0.3 is 15.7 Å². The lowest BCUT2D eigenvalue weighted by Crippen LogP contribution is -2.37. The van der Waals surface area contributed by atoms with Crippen LogP contribution in [-0.2, 0) is 0 Å². The van der Waals surface area contributed by atoms with Gasteiger partial charge in [-0.25, -0.2) is 0 Å². The maximum atomic E-state index is 9.95. The fourth-order valence-electron chi connectivity index (χ4n) is 1.44. The van der Waals surface area contributed by atoms with Crippen molar-refractivity contribution in [1.82, 2.24) is 15.4 Å². The van der Waals surface area contributed by atoms with E-state index >= 15 is 0 Å². The molecule has 0 aromatic rings. The summed E-state index contributed by atoms with van der Waals surface area (Å²) in [5.74, 6) is 1.34. The molecule has 4 N–H and O–H groups in total. The van der Waals surface area contributed by atoms with Crippen molar-refractivity contribution >= 4 is 11.9 Å². The Balaban J connectivity index is 3.75. The lowest BCUT2D eigenvalue weighted by molar-refractivity contribution is 0.107. The zero-order chi connectivity index (χ0) is 11.5. The summed E-state index contributed by atoms with van der Waals surface area (Å²) in [6.07, 6.45) is 0.724. The molecule has 0 aliphatic carbocycles. The molecule has 0 amide bonds. The molecular weight excluding hydrogens is 210 g/mol. The summed E-state index contributed by atoms with van der Waals surface area (Å²) >= 11 is 1.65. The van der Waals surface area contributed by atoms with Gasteiger partial charge in [0.2, 0.25) is 0 Å². The molecule has 0 rings (SSSR count). The van der Waals surface area contributed by atoms with Gasteiger partial charge >= 0.3 is 0 Å². The summed E-state index contributed by atoms with van der Waals surface area (Å²) in [5.41, 5.74) is 0. The molecule has 0 aromatic heterocycles. The van der Waals surface area contributed by atoms with E-state index in [1.807, 2.05) is 14.1 Å². The Labute approximate surface area is 97.7 Å². The largest absolute Gasteiger partial charge is 0.391 e. The maximum absolute atomic E-state index is 9.95. The molecule has 0 aromatic carbocycles. The Morgan fingerprint density at radius 2 is 1.93 bits per heavy atom. The second kappa shape index (κ2) is 10.7. The molecule has 2 atom stereocenters. The first-order valence-corrected chi connectivity index (χ1v) is 6.56. The van der Waals surface area contributed by atoms with E-state index in [2.05, 4.69) is 22.3 Å². The summed E-state index contributed by atoms with van der Waals surface area (Å²) in [4.78, 5) is 0. The lowest BCUT2D eigenvalue weighted by atomic mass is 9.98. The van der Waals surface area contributed by atoms with Gasteiger partial charge in [0.25, 0.3) is 0 Å². The van der Waals surface area contributed by atoms with Crippen LogP contribution in [0.4, 0.5) is 0 Å². The van der Waals surface area contributed by atoms with E-state index in [0.717, 1.165) is 25.3 Å². The highest BCUT2D eigenvalue weighted by atomic mass is 32.2. The highest BCUT2D eigenvalue weighted by molar-refractivity contribution is 7.97. The van der Waals surface area contributed by atoms with E-state index in [9.17, 15) is 5.11 Å². The Hall–Kier alpha value is 0.190. The van der Waals surface area contributed by atoms with Crippen LogP contribution in [0.15, 0.2) is 0 Å². The van der Waals surface area contributed by atoms with E-state index in [0.29, 0.717) is 12.5 Å². The Bertz CT molecular complexity index is 138. The van der Waals surface area contributed by atoms with Gasteiger partial charge in [-0.15, -0.1) is 0 Å². The predicted octanol–water partition coefficient (Wildman–Crippen LogP) is 0.0501. The number of aliphatic hydroxyl groups excluding tert-OH is 1. The molecule has 0 heterocycles. The molecule has 5 heteroatoms. The van der Waals surface area contributed by atoms with Crippen LogP contribution in [0, 0.1) is 5.92 Å². The van der Waals surface area contributed by atoms with Gasteiger partial charge in [0.1, 0.15) is 0 Å². The fourth-order valence-corrected chi connectivity index (χ4v) is 1.93. The molecule has 15 heavy (non-hydrogen) atoms. The molecule has 0 fully saturated rings. The van der Waals surface area contributed by atoms with Gasteiger partial charge in [-0.3, -0.25) is 4.72 Å². The minimum absolute atomic E-state index is 0.273. The van der Waals surface area contributed by atoms with Crippen molar-refractivity contribution in [2.45, 2.75) is 19.4 Å². The van der Waals surface area contributed by atoms with E-state index in [-0.39, 0.29) is 6.10 Å².